The first-order chi connectivity index (χ1) is 10.0. The first-order valence-electron chi connectivity index (χ1n) is 8.27. The topological polar surface area (TPSA) is 15.3 Å². The van der Waals surface area contributed by atoms with Crippen LogP contribution in [0.3, 0.4) is 0 Å². The maximum atomic E-state index is 6.00. The molecule has 0 bridgehead atoms. The number of rotatable bonds is 7. The molecule has 0 spiro atoms. The maximum Gasteiger partial charge on any atom is 0.0406 e. The second kappa shape index (κ2) is 7.62. The molecule has 1 aromatic carbocycles. The van der Waals surface area contributed by atoms with Gasteiger partial charge in [-0.3, -0.25) is 4.90 Å². The fourth-order valence-corrected chi connectivity index (χ4v) is 3.39. The fourth-order valence-electron chi connectivity index (χ4n) is 3.26. The van der Waals surface area contributed by atoms with Crippen LogP contribution in [0.15, 0.2) is 24.3 Å². The Labute approximate surface area is 134 Å². The third-order valence-electron chi connectivity index (χ3n) is 4.77. The molecule has 1 N–H and O–H groups in total. The quantitative estimate of drug-likeness (QED) is 0.815. The molecule has 1 aliphatic heterocycles. The summed E-state index contributed by atoms with van der Waals surface area (Å²) in [7, 11) is 0. The van der Waals surface area contributed by atoms with Crippen molar-refractivity contribution < 1.29 is 0 Å². The highest BCUT2D eigenvalue weighted by atomic mass is 35.5. The molecule has 0 radical (unpaired) electrons. The van der Waals surface area contributed by atoms with Gasteiger partial charge in [-0.1, -0.05) is 30.7 Å². The van der Waals surface area contributed by atoms with Crippen LogP contribution in [0.5, 0.6) is 0 Å². The molecule has 2 rings (SSSR count). The van der Waals surface area contributed by atoms with E-state index in [4.69, 9.17) is 11.6 Å². The normalized spacial score (nSPS) is 18.1. The maximum absolute atomic E-state index is 6.00. The molecule has 118 valence electrons. The summed E-state index contributed by atoms with van der Waals surface area (Å²) in [6, 6.07) is 8.77. The largest absolute Gasteiger partial charge is 0.312 e. The Hall–Kier alpha value is -0.570. The van der Waals surface area contributed by atoms with Crippen molar-refractivity contribution >= 4 is 11.6 Å². The minimum Gasteiger partial charge on any atom is -0.312 e. The third-order valence-corrected chi connectivity index (χ3v) is 5.02. The molecular weight excluding hydrogens is 280 g/mol. The number of halogens is 1. The van der Waals surface area contributed by atoms with Crippen molar-refractivity contribution in [1.29, 1.82) is 0 Å². The van der Waals surface area contributed by atoms with Crippen LogP contribution in [0, 0.1) is 0 Å². The van der Waals surface area contributed by atoms with E-state index in [-0.39, 0.29) is 5.54 Å². The molecule has 0 aliphatic carbocycles. The molecule has 2 nitrogen and oxygen atoms in total. The van der Waals surface area contributed by atoms with Crippen molar-refractivity contribution in [1.82, 2.24) is 10.2 Å². The first-order valence-corrected chi connectivity index (χ1v) is 8.64. The van der Waals surface area contributed by atoms with Gasteiger partial charge in [0, 0.05) is 16.6 Å². The van der Waals surface area contributed by atoms with Crippen molar-refractivity contribution in [2.75, 3.05) is 19.6 Å². The van der Waals surface area contributed by atoms with E-state index in [2.05, 4.69) is 43.1 Å². The third kappa shape index (κ3) is 4.45. The van der Waals surface area contributed by atoms with Gasteiger partial charge in [-0.25, -0.2) is 0 Å². The van der Waals surface area contributed by atoms with Gasteiger partial charge >= 0.3 is 0 Å². The van der Waals surface area contributed by atoms with Crippen LogP contribution in [0.1, 0.15) is 45.6 Å². The van der Waals surface area contributed by atoms with E-state index in [1.165, 1.54) is 37.9 Å². The van der Waals surface area contributed by atoms with Crippen molar-refractivity contribution in [3.05, 3.63) is 34.9 Å². The van der Waals surface area contributed by atoms with E-state index in [1.54, 1.807) is 0 Å². The molecule has 0 saturated carbocycles. The summed E-state index contributed by atoms with van der Waals surface area (Å²) in [4.78, 5) is 2.65. The zero-order valence-electron chi connectivity index (χ0n) is 13.7. The van der Waals surface area contributed by atoms with Gasteiger partial charge in [0.2, 0.25) is 0 Å². The number of nitrogens with zero attached hydrogens (tertiary/aromatic N) is 1. The average Bonchev–Trinajstić information content (AvgIpc) is 3.00. The lowest BCUT2D eigenvalue weighted by atomic mass is 9.87. The molecule has 1 unspecified atom stereocenters. The smallest absolute Gasteiger partial charge is 0.0406 e. The molecule has 3 heteroatoms. The van der Waals surface area contributed by atoms with Gasteiger partial charge in [-0.2, -0.15) is 0 Å². The second-order valence-electron chi connectivity index (χ2n) is 6.69. The highest BCUT2D eigenvalue weighted by molar-refractivity contribution is 6.30. The monoisotopic (exact) mass is 308 g/mol. The summed E-state index contributed by atoms with van der Waals surface area (Å²) in [6.07, 6.45) is 4.91. The van der Waals surface area contributed by atoms with Crippen LogP contribution < -0.4 is 5.32 Å². The van der Waals surface area contributed by atoms with Crippen LogP contribution in [0.4, 0.5) is 0 Å². The molecule has 1 saturated heterocycles. The molecule has 1 heterocycles. The van der Waals surface area contributed by atoms with Gasteiger partial charge in [0.05, 0.1) is 0 Å². The average molecular weight is 309 g/mol. The highest BCUT2D eigenvalue weighted by Gasteiger charge is 2.36. The standard InChI is InChI=1S/C18H29ClN2/c1-4-11-20-17(14-15-7-9-16(19)10-8-15)18(2,3)21-12-5-6-13-21/h7-10,17,20H,4-6,11-14H2,1-3H3. The molecule has 0 amide bonds. The predicted octanol–water partition coefficient (Wildman–Crippen LogP) is 4.13. The zero-order chi connectivity index (χ0) is 15.3. The fraction of sp³-hybridized carbons (Fsp3) is 0.667. The van der Waals surface area contributed by atoms with E-state index < -0.39 is 0 Å². The Kier molecular flexibility index (Phi) is 6.09. The van der Waals surface area contributed by atoms with Gasteiger partial charge in [-0.05, 0) is 76.9 Å². The Morgan fingerprint density at radius 3 is 2.38 bits per heavy atom. The van der Waals surface area contributed by atoms with Crippen LogP contribution in [0.2, 0.25) is 5.02 Å². The summed E-state index contributed by atoms with van der Waals surface area (Å²) in [6.45, 7) is 10.6. The van der Waals surface area contributed by atoms with E-state index in [9.17, 15) is 0 Å². The van der Waals surface area contributed by atoms with Gasteiger partial charge in [0.1, 0.15) is 0 Å². The lowest BCUT2D eigenvalue weighted by molar-refractivity contribution is 0.106. The Morgan fingerprint density at radius 2 is 1.81 bits per heavy atom. The summed E-state index contributed by atoms with van der Waals surface area (Å²) < 4.78 is 0. The second-order valence-corrected chi connectivity index (χ2v) is 7.12. The molecule has 1 atom stereocenters. The van der Waals surface area contributed by atoms with Crippen molar-refractivity contribution in [3.63, 3.8) is 0 Å². The Bertz CT molecular complexity index is 421. The minimum atomic E-state index is 0.186. The van der Waals surface area contributed by atoms with Gasteiger partial charge in [0.25, 0.3) is 0 Å². The number of likely N-dealkylation sites (tertiary alicyclic amines) is 1. The first kappa shape index (κ1) is 16.8. The van der Waals surface area contributed by atoms with Gasteiger partial charge in [-0.15, -0.1) is 0 Å². The molecular formula is C18H29ClN2. The van der Waals surface area contributed by atoms with E-state index in [0.717, 1.165) is 18.0 Å². The summed E-state index contributed by atoms with van der Waals surface area (Å²) >= 11 is 6.00. The van der Waals surface area contributed by atoms with E-state index in [0.29, 0.717) is 6.04 Å². The molecule has 21 heavy (non-hydrogen) atoms. The van der Waals surface area contributed by atoms with E-state index in [1.807, 2.05) is 12.1 Å². The van der Waals surface area contributed by atoms with Crippen molar-refractivity contribution in [2.24, 2.45) is 0 Å². The zero-order valence-corrected chi connectivity index (χ0v) is 14.4. The van der Waals surface area contributed by atoms with Gasteiger partial charge in [0.15, 0.2) is 0 Å². The Morgan fingerprint density at radius 1 is 1.19 bits per heavy atom. The van der Waals surface area contributed by atoms with Crippen molar-refractivity contribution in [2.45, 2.75) is 58.0 Å². The van der Waals surface area contributed by atoms with Gasteiger partial charge < -0.3 is 5.32 Å². The lowest BCUT2D eigenvalue weighted by Gasteiger charge is -2.43. The summed E-state index contributed by atoms with van der Waals surface area (Å²) in [5, 5.41) is 4.59. The van der Waals surface area contributed by atoms with Crippen molar-refractivity contribution in [3.8, 4) is 0 Å². The van der Waals surface area contributed by atoms with Crippen LogP contribution >= 0.6 is 11.6 Å². The number of benzene rings is 1. The lowest BCUT2D eigenvalue weighted by Crippen LogP contribution is -2.58. The van der Waals surface area contributed by atoms with Crippen LogP contribution in [0.25, 0.3) is 0 Å². The molecule has 1 fully saturated rings. The summed E-state index contributed by atoms with van der Waals surface area (Å²) in [5.74, 6) is 0. The number of hydrogen-bond acceptors (Lipinski definition) is 2. The number of nitrogens with one attached hydrogen (secondary N) is 1. The Balaban J connectivity index is 2.10. The van der Waals surface area contributed by atoms with Crippen LogP contribution in [-0.2, 0) is 6.42 Å². The highest BCUT2D eigenvalue weighted by Crippen LogP contribution is 2.26. The predicted molar refractivity (Wildman–Crippen MR) is 92.1 cm³/mol. The molecule has 1 aromatic rings. The molecule has 1 aliphatic rings. The summed E-state index contributed by atoms with van der Waals surface area (Å²) in [5.41, 5.74) is 1.55. The SMILES string of the molecule is CCCNC(Cc1ccc(Cl)cc1)C(C)(C)N1CCCC1. The minimum absolute atomic E-state index is 0.186. The molecule has 0 aromatic heterocycles. The van der Waals surface area contributed by atoms with E-state index >= 15 is 0 Å². The van der Waals surface area contributed by atoms with Crippen LogP contribution in [-0.4, -0.2) is 36.1 Å². The number of hydrogen-bond donors (Lipinski definition) is 1.